The Bertz CT molecular complexity index is 3790. The van der Waals surface area contributed by atoms with E-state index in [0.717, 1.165) is 67.5 Å². The van der Waals surface area contributed by atoms with Crippen molar-refractivity contribution in [1.29, 1.82) is 0 Å². The van der Waals surface area contributed by atoms with Crippen LogP contribution in [0.2, 0.25) is 0 Å². The maximum absolute atomic E-state index is 7.12. The molecular weight excluding hydrogens is 879 g/mol. The molecule has 0 unspecified atom stereocenters. The smallest absolute Gasteiger partial charge is 0.269 e. The summed E-state index contributed by atoms with van der Waals surface area (Å²) < 4.78 is 13.9. The summed E-state index contributed by atoms with van der Waals surface area (Å²) in [5.74, 6) is 2.36. The van der Waals surface area contributed by atoms with Gasteiger partial charge >= 0.3 is 0 Å². The molecule has 0 atom stereocenters. The predicted octanol–water partition coefficient (Wildman–Crippen LogP) is 15.9. The van der Waals surface area contributed by atoms with Crippen molar-refractivity contribution in [2.45, 2.75) is 124 Å². The number of aromatic nitrogens is 5. The zero-order chi connectivity index (χ0) is 50.6. The van der Waals surface area contributed by atoms with Gasteiger partial charge in [0.2, 0.25) is 0 Å². The molecule has 6 aromatic carbocycles. The molecular formula is C66H65N5O. The number of fused-ring (bicyclic) bond motifs is 12. The van der Waals surface area contributed by atoms with Gasteiger partial charge in [-0.1, -0.05) is 156 Å². The largest absolute Gasteiger partial charge is 0.458 e. The zero-order valence-electron chi connectivity index (χ0n) is 44.4. The molecule has 0 saturated carbocycles. The van der Waals surface area contributed by atoms with Gasteiger partial charge in [0, 0.05) is 34.4 Å². The van der Waals surface area contributed by atoms with E-state index >= 15 is 0 Å². The van der Waals surface area contributed by atoms with E-state index < -0.39 is 5.41 Å². The second-order valence-electron chi connectivity index (χ2n) is 24.7. The SMILES string of the molecule is Cc1cc(-[n+]2[c-]n3c4c(cccc42)C2(c4ccc(Oc5ccc6c7ccccc7n(-c7ccccn7)c6c5)cc4-3)c3c(cc(C(C)(C)C)cc3C(C)(C)C)-c3cc(C(C)(C)C)cc(C(C)(C)C)c32)cc(C)n1. The molecule has 72 heavy (non-hydrogen) atoms. The Morgan fingerprint density at radius 2 is 1.14 bits per heavy atom. The molecule has 0 fully saturated rings. The van der Waals surface area contributed by atoms with E-state index in [4.69, 9.17) is 14.7 Å². The van der Waals surface area contributed by atoms with Crippen molar-refractivity contribution in [3.63, 3.8) is 0 Å². The number of benzene rings is 6. The van der Waals surface area contributed by atoms with Gasteiger partial charge in [-0.3, -0.25) is 18.7 Å². The lowest BCUT2D eigenvalue weighted by Crippen LogP contribution is -2.38. The molecule has 4 aromatic heterocycles. The average molecular weight is 944 g/mol. The Kier molecular flexibility index (Phi) is 9.77. The maximum Gasteiger partial charge on any atom is 0.269 e. The van der Waals surface area contributed by atoms with Crippen LogP contribution in [0.3, 0.4) is 0 Å². The van der Waals surface area contributed by atoms with Crippen LogP contribution in [0.4, 0.5) is 0 Å². The summed E-state index contributed by atoms with van der Waals surface area (Å²) in [5.41, 5.74) is 20.4. The minimum Gasteiger partial charge on any atom is -0.458 e. The fourth-order valence-corrected chi connectivity index (χ4v) is 12.1. The van der Waals surface area contributed by atoms with Gasteiger partial charge in [-0.15, -0.1) is 0 Å². The van der Waals surface area contributed by atoms with Gasteiger partial charge in [0.1, 0.15) is 17.3 Å². The summed E-state index contributed by atoms with van der Waals surface area (Å²) in [6.45, 7) is 32.7. The van der Waals surface area contributed by atoms with Crippen molar-refractivity contribution in [3.8, 4) is 39.8 Å². The van der Waals surface area contributed by atoms with Crippen molar-refractivity contribution in [3.05, 3.63) is 202 Å². The molecule has 2 aliphatic rings. The van der Waals surface area contributed by atoms with Crippen molar-refractivity contribution in [1.82, 2.24) is 19.1 Å². The first kappa shape index (κ1) is 45.8. The minimum absolute atomic E-state index is 0.0822. The Labute approximate surface area is 425 Å². The first-order chi connectivity index (χ1) is 34.0. The van der Waals surface area contributed by atoms with Gasteiger partial charge in [0.05, 0.1) is 38.9 Å². The Morgan fingerprint density at radius 3 is 1.75 bits per heavy atom. The number of aryl methyl sites for hydroxylation is 2. The molecule has 6 heteroatoms. The maximum atomic E-state index is 7.12. The van der Waals surface area contributed by atoms with Crippen molar-refractivity contribution >= 4 is 32.8 Å². The zero-order valence-corrected chi connectivity index (χ0v) is 44.4. The van der Waals surface area contributed by atoms with Crippen LogP contribution >= 0.6 is 0 Å². The lowest BCUT2D eigenvalue weighted by atomic mass is 9.60. The molecule has 0 radical (unpaired) electrons. The van der Waals surface area contributed by atoms with E-state index in [-0.39, 0.29) is 21.7 Å². The molecule has 0 bridgehead atoms. The van der Waals surface area contributed by atoms with Gasteiger partial charge in [0.25, 0.3) is 6.33 Å². The van der Waals surface area contributed by atoms with Gasteiger partial charge < -0.3 is 4.74 Å². The Hall–Kier alpha value is -7.31. The van der Waals surface area contributed by atoms with Gasteiger partial charge in [0.15, 0.2) is 0 Å². The molecule has 0 N–H and O–H groups in total. The van der Waals surface area contributed by atoms with Crippen LogP contribution in [0.25, 0.3) is 61.2 Å². The monoisotopic (exact) mass is 944 g/mol. The van der Waals surface area contributed by atoms with E-state index in [1.54, 1.807) is 0 Å². The lowest BCUT2D eigenvalue weighted by Gasteiger charge is -2.44. The molecule has 5 heterocycles. The number of rotatable bonds is 4. The number of ether oxygens (including phenoxy) is 1. The Balaban J connectivity index is 1.20. The van der Waals surface area contributed by atoms with E-state index in [0.29, 0.717) is 0 Å². The molecule has 12 rings (SSSR count). The molecule has 1 aliphatic heterocycles. The van der Waals surface area contributed by atoms with E-state index in [1.807, 2.05) is 18.3 Å². The fourth-order valence-electron chi connectivity index (χ4n) is 12.1. The molecule has 10 aromatic rings. The normalized spacial score (nSPS) is 14.1. The summed E-state index contributed by atoms with van der Waals surface area (Å²) in [7, 11) is 0. The molecule has 360 valence electrons. The highest BCUT2D eigenvalue weighted by Gasteiger charge is 2.55. The third kappa shape index (κ3) is 6.77. The number of imidazole rings is 1. The van der Waals surface area contributed by atoms with Crippen LogP contribution in [0.1, 0.15) is 139 Å². The quantitative estimate of drug-likeness (QED) is 0.130. The highest BCUT2D eigenvalue weighted by molar-refractivity contribution is 6.09. The second kappa shape index (κ2) is 15.4. The third-order valence-corrected chi connectivity index (χ3v) is 15.4. The van der Waals surface area contributed by atoms with Crippen molar-refractivity contribution < 1.29 is 9.30 Å². The standard InChI is InChI=1S/C66H65N5O/c1-39-30-43(31-40(2)68-39)69-38-70-57-37-45(72-44-25-27-47-46-20-15-16-22-54(46)71(56(47)36-44)58-24-17-18-29-67-58)26-28-50(57)66(51-21-19-23-55(69)61(51)70)59-48(32-41(62(3,4)5)34-52(59)64(9,10)11)49-33-42(63(6,7)8)35-53(60(49)66)65(12,13)14/h15-37H,1-14H3. The molecule has 0 amide bonds. The van der Waals surface area contributed by atoms with Crippen molar-refractivity contribution in [2.24, 2.45) is 0 Å². The number of hydrogen-bond acceptors (Lipinski definition) is 3. The Morgan fingerprint density at radius 1 is 0.542 bits per heavy atom. The predicted molar refractivity (Wildman–Crippen MR) is 295 cm³/mol. The van der Waals surface area contributed by atoms with Crippen LogP contribution < -0.4 is 9.30 Å². The van der Waals surface area contributed by atoms with Crippen LogP contribution in [-0.4, -0.2) is 19.1 Å². The third-order valence-electron chi connectivity index (χ3n) is 15.4. The summed E-state index contributed by atoms with van der Waals surface area (Å²) in [6, 6.07) is 49.4. The topological polar surface area (TPSA) is 48.8 Å². The molecule has 1 spiro atoms. The number of pyridine rings is 2. The molecule has 0 saturated heterocycles. The highest BCUT2D eigenvalue weighted by atomic mass is 16.5. The van der Waals surface area contributed by atoms with E-state index in [2.05, 4.69) is 238 Å². The second-order valence-corrected chi connectivity index (χ2v) is 24.7. The van der Waals surface area contributed by atoms with Crippen LogP contribution in [0.5, 0.6) is 11.5 Å². The first-order valence-corrected chi connectivity index (χ1v) is 25.6. The van der Waals surface area contributed by atoms with Gasteiger partial charge in [-0.25, -0.2) is 4.98 Å². The van der Waals surface area contributed by atoms with E-state index in [9.17, 15) is 0 Å². The number of hydrogen-bond donors (Lipinski definition) is 0. The highest BCUT2D eigenvalue weighted by Crippen LogP contribution is 2.65. The van der Waals surface area contributed by atoms with Crippen LogP contribution in [0, 0.1) is 20.2 Å². The van der Waals surface area contributed by atoms with Crippen molar-refractivity contribution in [2.75, 3.05) is 0 Å². The average Bonchev–Trinajstić information content (AvgIpc) is 3.96. The lowest BCUT2D eigenvalue weighted by molar-refractivity contribution is -0.572. The summed E-state index contributed by atoms with van der Waals surface area (Å²) in [6.07, 6.45) is 5.81. The molecule has 6 nitrogen and oxygen atoms in total. The van der Waals surface area contributed by atoms with Gasteiger partial charge in [-0.05, 0) is 146 Å². The first-order valence-electron chi connectivity index (χ1n) is 25.6. The summed E-state index contributed by atoms with van der Waals surface area (Å²) in [5, 5.41) is 2.32. The molecule has 1 aliphatic carbocycles. The fraction of sp³-hybridized carbons (Fsp3) is 0.288. The minimum atomic E-state index is -0.720. The van der Waals surface area contributed by atoms with Gasteiger partial charge in [-0.2, -0.15) is 0 Å². The van der Waals surface area contributed by atoms with Crippen LogP contribution in [0.15, 0.2) is 140 Å². The summed E-state index contributed by atoms with van der Waals surface area (Å²) in [4.78, 5) is 9.61. The van der Waals surface area contributed by atoms with Crippen LogP contribution in [-0.2, 0) is 27.1 Å². The number of para-hydroxylation sites is 2. The summed E-state index contributed by atoms with van der Waals surface area (Å²) >= 11 is 0. The van der Waals surface area contributed by atoms with E-state index in [1.165, 1.54) is 61.0 Å². The number of nitrogens with zero attached hydrogens (tertiary/aromatic N) is 5.